The second kappa shape index (κ2) is 5.87. The van der Waals surface area contributed by atoms with E-state index in [0.717, 1.165) is 17.6 Å². The fraction of sp³-hybridized carbons (Fsp3) is 0.571. The molecule has 0 bridgehead atoms. The minimum absolute atomic E-state index is 0.624. The van der Waals surface area contributed by atoms with Crippen LogP contribution in [0.15, 0.2) is 28.7 Å². The number of nitrogens with one attached hydrogen (secondary N) is 1. The van der Waals surface area contributed by atoms with Gasteiger partial charge in [0.15, 0.2) is 0 Å². The normalized spacial score (nSPS) is 25.0. The lowest BCUT2D eigenvalue weighted by molar-refractivity contribution is 0.379. The summed E-state index contributed by atoms with van der Waals surface area (Å²) < 4.78 is 1.15. The van der Waals surface area contributed by atoms with Crippen LogP contribution in [0.3, 0.4) is 0 Å². The van der Waals surface area contributed by atoms with Crippen molar-refractivity contribution in [2.24, 2.45) is 0 Å². The molecular weight excluding hydrogens is 276 g/mol. The first kappa shape index (κ1) is 12.9. The average molecular weight is 297 g/mol. The van der Waals surface area contributed by atoms with Crippen LogP contribution in [0.1, 0.15) is 26.7 Å². The summed E-state index contributed by atoms with van der Waals surface area (Å²) in [5.74, 6) is 0. The molecule has 1 aromatic carbocycles. The summed E-state index contributed by atoms with van der Waals surface area (Å²) in [4.78, 5) is 2.55. The summed E-state index contributed by atoms with van der Waals surface area (Å²) in [6.07, 6.45) is 2.39. The Morgan fingerprint density at radius 1 is 1.24 bits per heavy atom. The van der Waals surface area contributed by atoms with Crippen molar-refractivity contribution < 1.29 is 0 Å². The van der Waals surface area contributed by atoms with Crippen molar-refractivity contribution in [2.45, 2.75) is 38.8 Å². The van der Waals surface area contributed by atoms with Crippen molar-refractivity contribution in [2.75, 3.05) is 18.0 Å². The molecule has 1 aromatic rings. The molecule has 2 nitrogen and oxygen atoms in total. The topological polar surface area (TPSA) is 15.3 Å². The molecule has 1 fully saturated rings. The Kier molecular flexibility index (Phi) is 4.46. The fourth-order valence-corrected chi connectivity index (χ4v) is 2.72. The summed E-state index contributed by atoms with van der Waals surface area (Å²) in [7, 11) is 0. The molecule has 17 heavy (non-hydrogen) atoms. The molecule has 3 heteroatoms. The van der Waals surface area contributed by atoms with E-state index in [0.29, 0.717) is 12.1 Å². The summed E-state index contributed by atoms with van der Waals surface area (Å²) in [5.41, 5.74) is 1.35. The molecule has 94 valence electrons. The standard InChI is InChI=1S/C14H21BrN2/c1-3-12-10-17(13(4-2)9-16-12)14-7-5-11(15)6-8-14/h5-8,12-13,16H,3-4,9-10H2,1-2H3. The smallest absolute Gasteiger partial charge is 0.0412 e. The maximum absolute atomic E-state index is 3.63. The van der Waals surface area contributed by atoms with Crippen molar-refractivity contribution in [3.05, 3.63) is 28.7 Å². The third-order valence-electron chi connectivity index (χ3n) is 3.62. The predicted molar refractivity (Wildman–Crippen MR) is 77.6 cm³/mol. The van der Waals surface area contributed by atoms with E-state index in [2.05, 4.69) is 64.3 Å². The molecule has 0 spiro atoms. The predicted octanol–water partition coefficient (Wildman–Crippen LogP) is 3.42. The van der Waals surface area contributed by atoms with Crippen molar-refractivity contribution >= 4 is 21.6 Å². The van der Waals surface area contributed by atoms with Gasteiger partial charge < -0.3 is 10.2 Å². The Hall–Kier alpha value is -0.540. The molecule has 0 saturated carbocycles. The van der Waals surface area contributed by atoms with Gasteiger partial charge in [-0.15, -0.1) is 0 Å². The van der Waals surface area contributed by atoms with E-state index < -0.39 is 0 Å². The van der Waals surface area contributed by atoms with Gasteiger partial charge in [0.1, 0.15) is 0 Å². The summed E-state index contributed by atoms with van der Waals surface area (Å²) in [6, 6.07) is 9.94. The van der Waals surface area contributed by atoms with Gasteiger partial charge in [0.25, 0.3) is 0 Å². The van der Waals surface area contributed by atoms with E-state index in [1.807, 2.05) is 0 Å². The van der Waals surface area contributed by atoms with Crippen LogP contribution in [0.25, 0.3) is 0 Å². The van der Waals surface area contributed by atoms with Crippen molar-refractivity contribution in [1.29, 1.82) is 0 Å². The highest BCUT2D eigenvalue weighted by atomic mass is 79.9. The molecule has 1 heterocycles. The number of benzene rings is 1. The number of hydrogen-bond donors (Lipinski definition) is 1. The zero-order chi connectivity index (χ0) is 12.3. The number of nitrogens with zero attached hydrogens (tertiary/aromatic N) is 1. The highest BCUT2D eigenvalue weighted by molar-refractivity contribution is 9.10. The molecule has 1 saturated heterocycles. The van der Waals surface area contributed by atoms with Crippen molar-refractivity contribution in [3.63, 3.8) is 0 Å². The second-order valence-corrected chi connectivity index (χ2v) is 5.62. The third kappa shape index (κ3) is 3.02. The van der Waals surface area contributed by atoms with Gasteiger partial charge in [0.05, 0.1) is 0 Å². The van der Waals surface area contributed by atoms with Crippen LogP contribution >= 0.6 is 15.9 Å². The van der Waals surface area contributed by atoms with E-state index in [1.54, 1.807) is 0 Å². The van der Waals surface area contributed by atoms with Crippen LogP contribution < -0.4 is 10.2 Å². The van der Waals surface area contributed by atoms with E-state index in [9.17, 15) is 0 Å². The number of anilines is 1. The highest BCUT2D eigenvalue weighted by Crippen LogP contribution is 2.24. The van der Waals surface area contributed by atoms with Gasteiger partial charge in [-0.1, -0.05) is 29.8 Å². The highest BCUT2D eigenvalue weighted by Gasteiger charge is 2.25. The zero-order valence-corrected chi connectivity index (χ0v) is 12.2. The van der Waals surface area contributed by atoms with Gasteiger partial charge in [-0.25, -0.2) is 0 Å². The van der Waals surface area contributed by atoms with Crippen molar-refractivity contribution in [3.8, 4) is 0 Å². The summed E-state index contributed by atoms with van der Waals surface area (Å²) in [5, 5.41) is 3.63. The lowest BCUT2D eigenvalue weighted by atomic mass is 10.0. The molecule has 2 rings (SSSR count). The van der Waals surface area contributed by atoms with E-state index in [1.165, 1.54) is 18.5 Å². The molecule has 1 aliphatic rings. The maximum atomic E-state index is 3.63. The summed E-state index contributed by atoms with van der Waals surface area (Å²) in [6.45, 7) is 6.75. The Morgan fingerprint density at radius 3 is 2.53 bits per heavy atom. The van der Waals surface area contributed by atoms with Crippen LogP contribution in [0, 0.1) is 0 Å². The van der Waals surface area contributed by atoms with Gasteiger partial charge in [0, 0.05) is 35.3 Å². The third-order valence-corrected chi connectivity index (χ3v) is 4.15. The Bertz CT molecular complexity index is 350. The van der Waals surface area contributed by atoms with E-state index >= 15 is 0 Å². The van der Waals surface area contributed by atoms with Crippen LogP contribution in [0.5, 0.6) is 0 Å². The molecule has 1 aliphatic heterocycles. The number of rotatable bonds is 3. The summed E-state index contributed by atoms with van der Waals surface area (Å²) >= 11 is 3.50. The lowest BCUT2D eigenvalue weighted by Gasteiger charge is -2.41. The van der Waals surface area contributed by atoms with Crippen molar-refractivity contribution in [1.82, 2.24) is 5.32 Å². The molecule has 0 aliphatic carbocycles. The van der Waals surface area contributed by atoms with Gasteiger partial charge in [-0.3, -0.25) is 0 Å². The van der Waals surface area contributed by atoms with Gasteiger partial charge in [-0.05, 0) is 37.1 Å². The molecule has 0 radical (unpaired) electrons. The zero-order valence-electron chi connectivity index (χ0n) is 10.6. The fourth-order valence-electron chi connectivity index (χ4n) is 2.45. The molecule has 1 N–H and O–H groups in total. The lowest BCUT2D eigenvalue weighted by Crippen LogP contribution is -2.56. The Morgan fingerprint density at radius 2 is 1.94 bits per heavy atom. The molecule has 0 aromatic heterocycles. The van der Waals surface area contributed by atoms with E-state index in [4.69, 9.17) is 0 Å². The van der Waals surface area contributed by atoms with Gasteiger partial charge >= 0.3 is 0 Å². The molecule has 2 atom stereocenters. The first-order chi connectivity index (χ1) is 8.24. The molecular formula is C14H21BrN2. The second-order valence-electron chi connectivity index (χ2n) is 4.70. The quantitative estimate of drug-likeness (QED) is 0.919. The first-order valence-corrected chi connectivity index (χ1v) is 7.29. The van der Waals surface area contributed by atoms with Crippen LogP contribution in [0.2, 0.25) is 0 Å². The Balaban J connectivity index is 2.17. The SMILES string of the molecule is CCC1CN(c2ccc(Br)cc2)C(CC)CN1. The van der Waals surface area contributed by atoms with E-state index in [-0.39, 0.29) is 0 Å². The number of halogens is 1. The number of piperazine rings is 1. The minimum atomic E-state index is 0.624. The monoisotopic (exact) mass is 296 g/mol. The minimum Gasteiger partial charge on any atom is -0.366 e. The molecule has 0 amide bonds. The van der Waals surface area contributed by atoms with Crippen LogP contribution in [-0.4, -0.2) is 25.2 Å². The van der Waals surface area contributed by atoms with Crippen LogP contribution in [0.4, 0.5) is 5.69 Å². The number of hydrogen-bond acceptors (Lipinski definition) is 2. The van der Waals surface area contributed by atoms with Gasteiger partial charge in [0.2, 0.25) is 0 Å². The molecule has 2 unspecified atom stereocenters. The first-order valence-electron chi connectivity index (χ1n) is 6.50. The maximum Gasteiger partial charge on any atom is 0.0412 e. The largest absolute Gasteiger partial charge is 0.366 e. The van der Waals surface area contributed by atoms with Crippen LogP contribution in [-0.2, 0) is 0 Å². The Labute approximate surface area is 113 Å². The average Bonchev–Trinajstić information content (AvgIpc) is 2.39. The van der Waals surface area contributed by atoms with Gasteiger partial charge in [-0.2, -0.15) is 0 Å².